The number of hydrogen-bond acceptors (Lipinski definition) is 2. The molecule has 4 nitrogen and oxygen atoms in total. The molecule has 2 rings (SSSR count). The van der Waals surface area contributed by atoms with Crippen molar-refractivity contribution in [2.45, 2.75) is 31.7 Å². The fraction of sp³-hybridized carbons (Fsp3) is 0.500. The third-order valence-electron chi connectivity index (χ3n) is 3.06. The SMILES string of the molecule is C=CCN(C(=O)n1ccnc1)C1CCCC1. The Hall–Kier alpha value is -1.58. The number of nitrogens with zero attached hydrogens (tertiary/aromatic N) is 3. The Labute approximate surface area is 95.6 Å². The number of hydrogen-bond donors (Lipinski definition) is 0. The summed E-state index contributed by atoms with van der Waals surface area (Å²) in [5.41, 5.74) is 0. The minimum Gasteiger partial charge on any atom is -0.317 e. The molecule has 0 bridgehead atoms. The molecular weight excluding hydrogens is 202 g/mol. The van der Waals surface area contributed by atoms with Gasteiger partial charge in [0.25, 0.3) is 0 Å². The highest BCUT2D eigenvalue weighted by Crippen LogP contribution is 2.23. The molecule has 0 saturated heterocycles. The van der Waals surface area contributed by atoms with Crippen LogP contribution in [0.25, 0.3) is 0 Å². The van der Waals surface area contributed by atoms with E-state index in [9.17, 15) is 4.79 Å². The van der Waals surface area contributed by atoms with Crippen molar-refractivity contribution >= 4 is 6.03 Å². The van der Waals surface area contributed by atoms with Gasteiger partial charge in [-0.1, -0.05) is 18.9 Å². The second-order valence-corrected chi connectivity index (χ2v) is 4.13. The average molecular weight is 219 g/mol. The molecule has 1 aromatic heterocycles. The van der Waals surface area contributed by atoms with Gasteiger partial charge in [0.1, 0.15) is 6.33 Å². The first kappa shape index (κ1) is 10.9. The zero-order chi connectivity index (χ0) is 11.4. The summed E-state index contributed by atoms with van der Waals surface area (Å²) in [5.74, 6) is 0. The molecule has 0 unspecified atom stereocenters. The highest BCUT2D eigenvalue weighted by molar-refractivity contribution is 5.77. The van der Waals surface area contributed by atoms with Gasteiger partial charge < -0.3 is 4.90 Å². The van der Waals surface area contributed by atoms with E-state index >= 15 is 0 Å². The molecule has 0 atom stereocenters. The maximum atomic E-state index is 12.2. The van der Waals surface area contributed by atoms with Crippen molar-refractivity contribution in [3.8, 4) is 0 Å². The van der Waals surface area contributed by atoms with Crippen LogP contribution in [0.1, 0.15) is 25.7 Å². The normalized spacial score (nSPS) is 16.2. The molecule has 1 aliphatic carbocycles. The highest BCUT2D eigenvalue weighted by atomic mass is 16.2. The van der Waals surface area contributed by atoms with Gasteiger partial charge in [-0.3, -0.25) is 4.57 Å². The summed E-state index contributed by atoms with van der Waals surface area (Å²) in [4.78, 5) is 18.0. The largest absolute Gasteiger partial charge is 0.329 e. The van der Waals surface area contributed by atoms with Crippen LogP contribution < -0.4 is 0 Å². The minimum atomic E-state index is 0.00398. The van der Waals surface area contributed by atoms with Gasteiger partial charge in [0.2, 0.25) is 0 Å². The maximum absolute atomic E-state index is 12.2. The van der Waals surface area contributed by atoms with Gasteiger partial charge in [-0.15, -0.1) is 6.58 Å². The monoisotopic (exact) mass is 219 g/mol. The van der Waals surface area contributed by atoms with Crippen molar-refractivity contribution in [3.05, 3.63) is 31.4 Å². The molecule has 86 valence electrons. The summed E-state index contributed by atoms with van der Waals surface area (Å²) in [5, 5.41) is 0. The van der Waals surface area contributed by atoms with Gasteiger partial charge in [0.15, 0.2) is 0 Å². The summed E-state index contributed by atoms with van der Waals surface area (Å²) in [7, 11) is 0. The van der Waals surface area contributed by atoms with Crippen LogP contribution in [0.3, 0.4) is 0 Å². The molecule has 1 aliphatic rings. The smallest absolute Gasteiger partial charge is 0.317 e. The molecule has 0 spiro atoms. The van der Waals surface area contributed by atoms with E-state index in [1.54, 1.807) is 24.8 Å². The summed E-state index contributed by atoms with van der Waals surface area (Å²) in [6.45, 7) is 4.33. The lowest BCUT2D eigenvalue weighted by atomic mass is 10.2. The van der Waals surface area contributed by atoms with E-state index in [1.807, 2.05) is 4.90 Å². The molecule has 1 saturated carbocycles. The van der Waals surface area contributed by atoms with E-state index in [2.05, 4.69) is 11.6 Å². The van der Waals surface area contributed by atoms with Gasteiger partial charge in [-0.2, -0.15) is 0 Å². The summed E-state index contributed by atoms with van der Waals surface area (Å²) < 4.78 is 1.53. The molecule has 1 fully saturated rings. The first-order valence-electron chi connectivity index (χ1n) is 5.72. The fourth-order valence-corrected chi connectivity index (χ4v) is 2.26. The molecule has 1 aromatic rings. The van der Waals surface area contributed by atoms with Crippen molar-refractivity contribution < 1.29 is 4.79 Å². The number of rotatable bonds is 3. The van der Waals surface area contributed by atoms with Crippen LogP contribution >= 0.6 is 0 Å². The zero-order valence-electron chi connectivity index (χ0n) is 9.38. The first-order valence-corrected chi connectivity index (χ1v) is 5.72. The lowest BCUT2D eigenvalue weighted by Crippen LogP contribution is -2.41. The molecule has 1 amide bonds. The van der Waals surface area contributed by atoms with Crippen LogP contribution in [0.5, 0.6) is 0 Å². The van der Waals surface area contributed by atoms with Crippen molar-refractivity contribution in [1.29, 1.82) is 0 Å². The van der Waals surface area contributed by atoms with Crippen LogP contribution in [0.4, 0.5) is 4.79 Å². The van der Waals surface area contributed by atoms with Crippen LogP contribution in [-0.2, 0) is 0 Å². The molecule has 0 N–H and O–H groups in total. The number of carbonyl (C=O) groups is 1. The molecule has 0 aromatic carbocycles. The quantitative estimate of drug-likeness (QED) is 0.731. The second-order valence-electron chi connectivity index (χ2n) is 4.13. The van der Waals surface area contributed by atoms with Crippen molar-refractivity contribution in [1.82, 2.24) is 14.5 Å². The molecular formula is C12H17N3O. The second kappa shape index (κ2) is 4.96. The minimum absolute atomic E-state index is 0.00398. The average Bonchev–Trinajstić information content (AvgIpc) is 2.96. The topological polar surface area (TPSA) is 38.1 Å². The van der Waals surface area contributed by atoms with Gasteiger partial charge in [-0.25, -0.2) is 9.78 Å². The van der Waals surface area contributed by atoms with Gasteiger partial charge in [0.05, 0.1) is 0 Å². The molecule has 4 heteroatoms. The van der Waals surface area contributed by atoms with E-state index in [0.717, 1.165) is 12.8 Å². The van der Waals surface area contributed by atoms with E-state index in [1.165, 1.54) is 17.4 Å². The number of imidazole rings is 1. The van der Waals surface area contributed by atoms with Crippen LogP contribution in [0.15, 0.2) is 31.4 Å². The molecule has 0 radical (unpaired) electrons. The van der Waals surface area contributed by atoms with Crippen LogP contribution in [-0.4, -0.2) is 33.1 Å². The summed E-state index contributed by atoms with van der Waals surface area (Å²) in [6.07, 6.45) is 11.3. The van der Waals surface area contributed by atoms with E-state index in [-0.39, 0.29) is 6.03 Å². The van der Waals surface area contributed by atoms with E-state index in [0.29, 0.717) is 12.6 Å². The van der Waals surface area contributed by atoms with Gasteiger partial charge in [0, 0.05) is 25.0 Å². The number of carbonyl (C=O) groups excluding carboxylic acids is 1. The Morgan fingerprint density at radius 1 is 1.56 bits per heavy atom. The number of amides is 1. The van der Waals surface area contributed by atoms with Gasteiger partial charge >= 0.3 is 6.03 Å². The zero-order valence-corrected chi connectivity index (χ0v) is 9.38. The molecule has 16 heavy (non-hydrogen) atoms. The summed E-state index contributed by atoms with van der Waals surface area (Å²) in [6, 6.07) is 0.372. The van der Waals surface area contributed by atoms with Gasteiger partial charge in [-0.05, 0) is 12.8 Å². The Bertz CT molecular complexity index is 352. The fourth-order valence-electron chi connectivity index (χ4n) is 2.26. The summed E-state index contributed by atoms with van der Waals surface area (Å²) >= 11 is 0. The van der Waals surface area contributed by atoms with E-state index in [4.69, 9.17) is 0 Å². The van der Waals surface area contributed by atoms with E-state index < -0.39 is 0 Å². The van der Waals surface area contributed by atoms with Crippen molar-refractivity contribution in [3.63, 3.8) is 0 Å². The Kier molecular flexibility index (Phi) is 3.39. The third-order valence-corrected chi connectivity index (χ3v) is 3.06. The van der Waals surface area contributed by atoms with Crippen molar-refractivity contribution in [2.75, 3.05) is 6.54 Å². The lowest BCUT2D eigenvalue weighted by Gasteiger charge is -2.27. The standard InChI is InChI=1S/C12H17N3O/c1-2-8-15(11-5-3-4-6-11)12(16)14-9-7-13-10-14/h2,7,9-11H,1,3-6,8H2. The third kappa shape index (κ3) is 2.15. The lowest BCUT2D eigenvalue weighted by molar-refractivity contribution is 0.184. The molecule has 0 aliphatic heterocycles. The van der Waals surface area contributed by atoms with Crippen molar-refractivity contribution in [2.24, 2.45) is 0 Å². The Morgan fingerprint density at radius 2 is 2.31 bits per heavy atom. The Morgan fingerprint density at radius 3 is 2.88 bits per heavy atom. The maximum Gasteiger partial charge on any atom is 0.329 e. The first-order chi connectivity index (χ1) is 7.83. The van der Waals surface area contributed by atoms with Crippen LogP contribution in [0, 0.1) is 0 Å². The molecule has 1 heterocycles. The Balaban J connectivity index is 2.12. The highest BCUT2D eigenvalue weighted by Gasteiger charge is 2.26. The number of aromatic nitrogens is 2. The predicted molar refractivity (Wildman–Crippen MR) is 62.2 cm³/mol. The predicted octanol–water partition coefficient (Wildman–Crippen LogP) is 2.28. The van der Waals surface area contributed by atoms with Crippen LogP contribution in [0.2, 0.25) is 0 Å².